The van der Waals surface area contributed by atoms with Gasteiger partial charge in [0.25, 0.3) is 10.0 Å². The zero-order valence-corrected chi connectivity index (χ0v) is 22.4. The highest BCUT2D eigenvalue weighted by Gasteiger charge is 2.27. The monoisotopic (exact) mass is 595 g/mol. The highest BCUT2D eigenvalue weighted by Crippen LogP contribution is 2.35. The maximum absolute atomic E-state index is 15.5. The third-order valence-corrected chi connectivity index (χ3v) is 8.58. The van der Waals surface area contributed by atoms with E-state index in [0.717, 1.165) is 40.1 Å². The summed E-state index contributed by atoms with van der Waals surface area (Å²) in [4.78, 5) is 25.8. The van der Waals surface area contributed by atoms with Gasteiger partial charge >= 0.3 is 0 Å². The molecule has 6 aromatic rings. The molecule has 4 aromatic heterocycles. The average Bonchev–Trinajstić information content (AvgIpc) is 3.69. The fourth-order valence-electron chi connectivity index (χ4n) is 4.15. The summed E-state index contributed by atoms with van der Waals surface area (Å²) in [5.41, 5.74) is -0.809. The summed E-state index contributed by atoms with van der Waals surface area (Å²) in [5, 5.41) is 4.19. The van der Waals surface area contributed by atoms with Gasteiger partial charge in [-0.05, 0) is 48.5 Å². The summed E-state index contributed by atoms with van der Waals surface area (Å²) in [6, 6.07) is 10.9. The van der Waals surface area contributed by atoms with Gasteiger partial charge in [-0.25, -0.2) is 26.6 Å². The molecule has 0 bridgehead atoms. The SMILES string of the molecule is Cc1nc(-c2ccc(-c3cnc4[nH]cc(C(=O)c5c(F)ccc(NS(=O)(=O)c6cccc(F)c6)c5F)c4c3)s2)no1. The standard InChI is InChI=1S/C27H16F3N5O4S2/c1-13-33-27(34-39-13)22-8-7-21(40-22)14-9-17-18(12-32-26(17)31-11-14)25(36)23-19(29)5-6-20(24(23)30)35-41(37,38)16-4-2-3-15(28)10-16/h2-12,35H,1H3,(H,31,32). The van der Waals surface area contributed by atoms with E-state index in [-0.39, 0.29) is 5.56 Å². The number of hydrogen-bond acceptors (Lipinski definition) is 8. The Balaban J connectivity index is 1.36. The molecule has 0 radical (unpaired) electrons. The van der Waals surface area contributed by atoms with Crippen LogP contribution in [0.15, 0.2) is 76.4 Å². The van der Waals surface area contributed by atoms with Crippen molar-refractivity contribution in [3.8, 4) is 21.1 Å². The Morgan fingerprint density at radius 3 is 2.61 bits per heavy atom. The van der Waals surface area contributed by atoms with Crippen molar-refractivity contribution in [1.29, 1.82) is 0 Å². The number of H-pyrrole nitrogens is 1. The second-order valence-corrected chi connectivity index (χ2v) is 11.6. The first-order chi connectivity index (χ1) is 19.6. The average molecular weight is 596 g/mol. The van der Waals surface area contributed by atoms with Gasteiger partial charge in [-0.1, -0.05) is 11.2 Å². The molecule has 0 unspecified atom stereocenters. The lowest BCUT2D eigenvalue weighted by Crippen LogP contribution is -2.16. The van der Waals surface area contributed by atoms with Crippen molar-refractivity contribution in [3.63, 3.8) is 0 Å². The van der Waals surface area contributed by atoms with Gasteiger partial charge in [-0.2, -0.15) is 4.98 Å². The van der Waals surface area contributed by atoms with Crippen molar-refractivity contribution in [1.82, 2.24) is 20.1 Å². The molecule has 0 spiro atoms. The number of aryl methyl sites for hydroxylation is 1. The quantitative estimate of drug-likeness (QED) is 0.213. The second-order valence-electron chi connectivity index (χ2n) is 8.80. The van der Waals surface area contributed by atoms with E-state index in [9.17, 15) is 22.0 Å². The second kappa shape index (κ2) is 9.98. The number of hydrogen-bond donors (Lipinski definition) is 2. The normalized spacial score (nSPS) is 11.7. The van der Waals surface area contributed by atoms with Crippen LogP contribution in [0.2, 0.25) is 0 Å². The Morgan fingerprint density at radius 1 is 1.05 bits per heavy atom. The van der Waals surface area contributed by atoms with Gasteiger partial charge in [-0.3, -0.25) is 9.52 Å². The predicted molar refractivity (Wildman–Crippen MR) is 144 cm³/mol. The Labute approximate surface area is 233 Å². The third kappa shape index (κ3) is 4.87. The van der Waals surface area contributed by atoms with Crippen LogP contribution >= 0.6 is 11.3 Å². The number of thiophene rings is 1. The first-order valence-corrected chi connectivity index (χ1v) is 14.1. The summed E-state index contributed by atoms with van der Waals surface area (Å²) in [5.74, 6) is -3.64. The van der Waals surface area contributed by atoms with Crippen molar-refractivity contribution >= 4 is 43.9 Å². The topological polar surface area (TPSA) is 131 Å². The smallest absolute Gasteiger partial charge is 0.262 e. The molecule has 2 N–H and O–H groups in total. The number of halogens is 3. The number of carbonyl (C=O) groups is 1. The molecule has 0 fully saturated rings. The molecule has 0 aliphatic rings. The third-order valence-electron chi connectivity index (χ3n) is 6.08. The summed E-state index contributed by atoms with van der Waals surface area (Å²) >= 11 is 1.36. The van der Waals surface area contributed by atoms with E-state index < -0.39 is 49.4 Å². The number of aromatic nitrogens is 4. The van der Waals surface area contributed by atoms with Crippen LogP contribution in [0.3, 0.4) is 0 Å². The number of pyridine rings is 1. The van der Waals surface area contributed by atoms with E-state index in [0.29, 0.717) is 28.3 Å². The molecule has 0 aliphatic carbocycles. The van der Waals surface area contributed by atoms with Gasteiger partial charge in [0.2, 0.25) is 17.5 Å². The minimum atomic E-state index is -4.45. The van der Waals surface area contributed by atoms with Gasteiger partial charge in [-0.15, -0.1) is 11.3 Å². The molecule has 0 saturated heterocycles. The minimum Gasteiger partial charge on any atom is -0.345 e. The Kier molecular flexibility index (Phi) is 6.43. The number of fused-ring (bicyclic) bond motifs is 1. The fourth-order valence-corrected chi connectivity index (χ4v) is 6.15. The summed E-state index contributed by atoms with van der Waals surface area (Å²) in [6.45, 7) is 1.67. The molecule has 14 heteroatoms. The molecule has 206 valence electrons. The number of carbonyl (C=O) groups excluding carboxylic acids is 1. The molecule has 9 nitrogen and oxygen atoms in total. The van der Waals surface area contributed by atoms with Crippen molar-refractivity contribution in [2.45, 2.75) is 11.8 Å². The Morgan fingerprint density at radius 2 is 1.85 bits per heavy atom. The van der Waals surface area contributed by atoms with Crippen LogP contribution in [0, 0.1) is 24.4 Å². The largest absolute Gasteiger partial charge is 0.345 e. The van der Waals surface area contributed by atoms with Crippen LogP contribution < -0.4 is 4.72 Å². The van der Waals surface area contributed by atoms with E-state index in [1.807, 2.05) is 10.8 Å². The zero-order valence-electron chi connectivity index (χ0n) is 20.8. The van der Waals surface area contributed by atoms with Crippen LogP contribution in [0.25, 0.3) is 32.2 Å². The summed E-state index contributed by atoms with van der Waals surface area (Å²) in [7, 11) is -4.45. The molecule has 4 heterocycles. The van der Waals surface area contributed by atoms with Crippen LogP contribution in [0.1, 0.15) is 21.8 Å². The lowest BCUT2D eigenvalue weighted by atomic mass is 10.0. The van der Waals surface area contributed by atoms with E-state index in [2.05, 4.69) is 20.1 Å². The first-order valence-electron chi connectivity index (χ1n) is 11.8. The molecule has 0 saturated carbocycles. The van der Waals surface area contributed by atoms with E-state index in [1.165, 1.54) is 23.6 Å². The van der Waals surface area contributed by atoms with Crippen LogP contribution in [0.4, 0.5) is 18.9 Å². The van der Waals surface area contributed by atoms with Gasteiger partial charge in [0.15, 0.2) is 5.82 Å². The minimum absolute atomic E-state index is 0.0807. The fraction of sp³-hybridized carbons (Fsp3) is 0.0370. The number of ketones is 1. The Bertz CT molecular complexity index is 2090. The van der Waals surface area contributed by atoms with Crippen molar-refractivity contribution in [2.24, 2.45) is 0 Å². The number of nitrogens with zero attached hydrogens (tertiary/aromatic N) is 3. The molecule has 6 rings (SSSR count). The van der Waals surface area contributed by atoms with E-state index >= 15 is 4.39 Å². The van der Waals surface area contributed by atoms with Crippen LogP contribution in [0.5, 0.6) is 0 Å². The lowest BCUT2D eigenvalue weighted by molar-refractivity contribution is 0.103. The van der Waals surface area contributed by atoms with Crippen molar-refractivity contribution in [2.75, 3.05) is 4.72 Å². The highest BCUT2D eigenvalue weighted by molar-refractivity contribution is 7.92. The van der Waals surface area contributed by atoms with Crippen molar-refractivity contribution < 1.29 is 30.9 Å². The maximum Gasteiger partial charge on any atom is 0.262 e. The summed E-state index contributed by atoms with van der Waals surface area (Å²) in [6.07, 6.45) is 2.85. The van der Waals surface area contributed by atoms with Gasteiger partial charge in [0, 0.05) is 40.7 Å². The molecule has 2 aromatic carbocycles. The van der Waals surface area contributed by atoms with E-state index in [4.69, 9.17) is 4.52 Å². The molecular weight excluding hydrogens is 579 g/mol. The molecular formula is C27H16F3N5O4S2. The van der Waals surface area contributed by atoms with Crippen molar-refractivity contribution in [3.05, 3.63) is 101 Å². The van der Waals surface area contributed by atoms with Gasteiger partial charge in [0.1, 0.15) is 17.3 Å². The number of benzene rings is 2. The Hall–Kier alpha value is -4.82. The lowest BCUT2D eigenvalue weighted by Gasteiger charge is -2.12. The zero-order chi connectivity index (χ0) is 28.9. The number of sulfonamides is 1. The number of rotatable bonds is 7. The number of anilines is 1. The number of aromatic amines is 1. The highest BCUT2D eigenvalue weighted by atomic mass is 32.2. The predicted octanol–water partition coefficient (Wildman–Crippen LogP) is 6.10. The number of nitrogens with one attached hydrogen (secondary N) is 2. The molecule has 0 amide bonds. The molecule has 0 atom stereocenters. The summed E-state index contributed by atoms with van der Waals surface area (Å²) < 4.78 is 76.3. The van der Waals surface area contributed by atoms with Gasteiger partial charge in [0.05, 0.1) is 21.0 Å². The van der Waals surface area contributed by atoms with Crippen LogP contribution in [-0.4, -0.2) is 34.3 Å². The van der Waals surface area contributed by atoms with E-state index in [1.54, 1.807) is 25.3 Å². The molecule has 41 heavy (non-hydrogen) atoms. The van der Waals surface area contributed by atoms with Gasteiger partial charge < -0.3 is 9.51 Å². The maximum atomic E-state index is 15.5. The first kappa shape index (κ1) is 26.4. The molecule has 0 aliphatic heterocycles. The van der Waals surface area contributed by atoms with Crippen LogP contribution in [-0.2, 0) is 10.0 Å².